The SMILES string of the molecule is CCCOc1ccc(C(O)=C2C(=O)C(=O)N(Cc3ccccc3)C2c2ccc(OCCC(C)C)c(OCC)c2)cc1. The van der Waals surface area contributed by atoms with E-state index in [-0.39, 0.29) is 17.9 Å². The monoisotopic (exact) mass is 557 g/mol. The van der Waals surface area contributed by atoms with Crippen LogP contribution in [0.5, 0.6) is 17.2 Å². The molecule has 1 amide bonds. The average molecular weight is 558 g/mol. The molecule has 3 aromatic carbocycles. The average Bonchev–Trinajstić information content (AvgIpc) is 3.22. The molecule has 216 valence electrons. The van der Waals surface area contributed by atoms with Crippen LogP contribution in [-0.4, -0.2) is 41.5 Å². The van der Waals surface area contributed by atoms with Gasteiger partial charge in [-0.15, -0.1) is 0 Å². The van der Waals surface area contributed by atoms with E-state index in [1.54, 1.807) is 30.3 Å². The number of amides is 1. The summed E-state index contributed by atoms with van der Waals surface area (Å²) in [5.41, 5.74) is 1.97. The Balaban J connectivity index is 1.78. The highest BCUT2D eigenvalue weighted by molar-refractivity contribution is 6.46. The quantitative estimate of drug-likeness (QED) is 0.139. The van der Waals surface area contributed by atoms with E-state index in [0.29, 0.717) is 54.1 Å². The van der Waals surface area contributed by atoms with Crippen molar-refractivity contribution >= 4 is 17.4 Å². The van der Waals surface area contributed by atoms with Gasteiger partial charge in [0.25, 0.3) is 11.7 Å². The summed E-state index contributed by atoms with van der Waals surface area (Å²) in [6.07, 6.45) is 1.77. The maximum absolute atomic E-state index is 13.5. The highest BCUT2D eigenvalue weighted by Crippen LogP contribution is 2.43. The summed E-state index contributed by atoms with van der Waals surface area (Å²) in [5, 5.41) is 11.5. The van der Waals surface area contributed by atoms with Gasteiger partial charge in [-0.3, -0.25) is 9.59 Å². The van der Waals surface area contributed by atoms with Gasteiger partial charge in [0.15, 0.2) is 11.5 Å². The van der Waals surface area contributed by atoms with Crippen molar-refractivity contribution in [3.63, 3.8) is 0 Å². The van der Waals surface area contributed by atoms with Crippen LogP contribution in [0.15, 0.2) is 78.4 Å². The highest BCUT2D eigenvalue weighted by Gasteiger charge is 2.46. The third kappa shape index (κ3) is 7.09. The van der Waals surface area contributed by atoms with Crippen LogP contribution in [0.4, 0.5) is 0 Å². The van der Waals surface area contributed by atoms with Gasteiger partial charge < -0.3 is 24.2 Å². The number of benzene rings is 3. The molecule has 0 radical (unpaired) electrons. The molecular weight excluding hydrogens is 518 g/mol. The number of aliphatic hydroxyl groups excluding tert-OH is 1. The number of rotatable bonds is 13. The number of ketones is 1. The van der Waals surface area contributed by atoms with Gasteiger partial charge in [-0.05, 0) is 73.2 Å². The summed E-state index contributed by atoms with van der Waals surface area (Å²) in [4.78, 5) is 28.5. The second-order valence-corrected chi connectivity index (χ2v) is 10.5. The van der Waals surface area contributed by atoms with Crippen LogP contribution in [0.25, 0.3) is 5.76 Å². The summed E-state index contributed by atoms with van der Waals surface area (Å²) in [6, 6.07) is 21.0. The summed E-state index contributed by atoms with van der Waals surface area (Å²) < 4.78 is 17.6. The van der Waals surface area contributed by atoms with Crippen LogP contribution in [0, 0.1) is 5.92 Å². The molecule has 0 aromatic heterocycles. The number of carbonyl (C=O) groups excluding carboxylic acids is 2. The first-order valence-electron chi connectivity index (χ1n) is 14.3. The third-order valence-corrected chi connectivity index (χ3v) is 6.87. The van der Waals surface area contributed by atoms with Gasteiger partial charge in [0, 0.05) is 12.1 Å². The predicted octanol–water partition coefficient (Wildman–Crippen LogP) is 6.92. The summed E-state index contributed by atoms with van der Waals surface area (Å²) in [5.74, 6) is 0.647. The zero-order chi connectivity index (χ0) is 29.4. The second kappa shape index (κ2) is 13.9. The minimum atomic E-state index is -0.824. The van der Waals surface area contributed by atoms with Gasteiger partial charge in [-0.25, -0.2) is 0 Å². The van der Waals surface area contributed by atoms with Crippen molar-refractivity contribution in [2.24, 2.45) is 5.92 Å². The zero-order valence-electron chi connectivity index (χ0n) is 24.3. The van der Waals surface area contributed by atoms with Crippen LogP contribution in [-0.2, 0) is 16.1 Å². The number of nitrogens with zero attached hydrogens (tertiary/aromatic N) is 1. The maximum Gasteiger partial charge on any atom is 0.295 e. The van der Waals surface area contributed by atoms with E-state index in [1.165, 1.54) is 4.90 Å². The summed E-state index contributed by atoms with van der Waals surface area (Å²) in [6.45, 7) is 9.93. The molecule has 0 bridgehead atoms. The topological polar surface area (TPSA) is 85.3 Å². The Hall–Kier alpha value is -4.26. The first-order chi connectivity index (χ1) is 19.8. The van der Waals surface area contributed by atoms with Crippen LogP contribution >= 0.6 is 0 Å². The number of hydrogen-bond acceptors (Lipinski definition) is 6. The molecule has 1 atom stereocenters. The van der Waals surface area contributed by atoms with E-state index in [9.17, 15) is 14.7 Å². The summed E-state index contributed by atoms with van der Waals surface area (Å²) >= 11 is 0. The molecule has 1 fully saturated rings. The lowest BCUT2D eigenvalue weighted by atomic mass is 9.94. The van der Waals surface area contributed by atoms with E-state index >= 15 is 0 Å². The van der Waals surface area contributed by atoms with Crippen molar-refractivity contribution < 1.29 is 28.9 Å². The normalized spacial score (nSPS) is 16.3. The Kier molecular flexibility index (Phi) is 10.1. The fourth-order valence-corrected chi connectivity index (χ4v) is 4.74. The van der Waals surface area contributed by atoms with Crippen LogP contribution < -0.4 is 14.2 Å². The molecular formula is C34H39NO6. The number of likely N-dealkylation sites (tertiary alicyclic amines) is 1. The summed E-state index contributed by atoms with van der Waals surface area (Å²) in [7, 11) is 0. The molecule has 1 N–H and O–H groups in total. The van der Waals surface area contributed by atoms with Gasteiger partial charge in [-0.1, -0.05) is 57.2 Å². The van der Waals surface area contributed by atoms with Crippen molar-refractivity contribution in [1.82, 2.24) is 4.90 Å². The van der Waals surface area contributed by atoms with E-state index in [0.717, 1.165) is 18.4 Å². The predicted molar refractivity (Wildman–Crippen MR) is 159 cm³/mol. The van der Waals surface area contributed by atoms with Gasteiger partial charge in [0.2, 0.25) is 0 Å². The molecule has 1 unspecified atom stereocenters. The molecule has 3 aromatic rings. The molecule has 1 heterocycles. The lowest BCUT2D eigenvalue weighted by Gasteiger charge is -2.26. The van der Waals surface area contributed by atoms with Crippen molar-refractivity contribution in [1.29, 1.82) is 0 Å². The number of carbonyl (C=O) groups is 2. The van der Waals surface area contributed by atoms with Gasteiger partial charge in [0.05, 0.1) is 31.4 Å². The maximum atomic E-state index is 13.5. The van der Waals surface area contributed by atoms with Crippen LogP contribution in [0.2, 0.25) is 0 Å². The fraction of sp³-hybridized carbons (Fsp3) is 0.353. The Labute approximate surface area is 242 Å². The lowest BCUT2D eigenvalue weighted by molar-refractivity contribution is -0.140. The van der Waals surface area contributed by atoms with Gasteiger partial charge in [0.1, 0.15) is 11.5 Å². The highest BCUT2D eigenvalue weighted by atomic mass is 16.5. The third-order valence-electron chi connectivity index (χ3n) is 6.87. The van der Waals surface area contributed by atoms with Crippen LogP contribution in [0.3, 0.4) is 0 Å². The fourth-order valence-electron chi connectivity index (χ4n) is 4.74. The van der Waals surface area contributed by atoms with Crippen molar-refractivity contribution in [3.8, 4) is 17.2 Å². The molecule has 1 aliphatic heterocycles. The van der Waals surface area contributed by atoms with Gasteiger partial charge >= 0.3 is 0 Å². The van der Waals surface area contributed by atoms with E-state index < -0.39 is 17.7 Å². The van der Waals surface area contributed by atoms with Gasteiger partial charge in [-0.2, -0.15) is 0 Å². The van der Waals surface area contributed by atoms with Crippen LogP contribution in [0.1, 0.15) is 63.3 Å². The Bertz CT molecular complexity index is 1360. The molecule has 0 spiro atoms. The lowest BCUT2D eigenvalue weighted by Crippen LogP contribution is -2.29. The number of hydrogen-bond donors (Lipinski definition) is 1. The molecule has 0 saturated carbocycles. The molecule has 1 saturated heterocycles. The standard InChI is InChI=1S/C34H39NO6/c1-5-19-40-27-15-12-25(13-16-27)32(36)30-31(35(34(38)33(30)37)22-24-10-8-7-9-11-24)26-14-17-28(29(21-26)39-6-2)41-20-18-23(3)4/h7-17,21,23,31,36H,5-6,18-20,22H2,1-4H3. The number of Topliss-reactive ketones (excluding diaryl/α,β-unsaturated/α-hetero) is 1. The first-order valence-corrected chi connectivity index (χ1v) is 14.3. The number of ether oxygens (including phenoxy) is 3. The molecule has 4 rings (SSSR count). The molecule has 0 aliphatic carbocycles. The molecule has 1 aliphatic rings. The van der Waals surface area contributed by atoms with Crippen molar-refractivity contribution in [2.45, 2.75) is 53.1 Å². The molecule has 7 nitrogen and oxygen atoms in total. The smallest absolute Gasteiger partial charge is 0.295 e. The molecule has 7 heteroatoms. The van der Waals surface area contributed by atoms with Crippen molar-refractivity contribution in [2.75, 3.05) is 19.8 Å². The molecule has 41 heavy (non-hydrogen) atoms. The minimum absolute atomic E-state index is 0.0316. The van der Waals surface area contributed by atoms with E-state index in [1.807, 2.05) is 56.3 Å². The van der Waals surface area contributed by atoms with Crippen molar-refractivity contribution in [3.05, 3.63) is 95.1 Å². The Morgan fingerprint density at radius 2 is 1.61 bits per heavy atom. The second-order valence-electron chi connectivity index (χ2n) is 10.5. The Morgan fingerprint density at radius 1 is 0.878 bits per heavy atom. The Morgan fingerprint density at radius 3 is 2.27 bits per heavy atom. The largest absolute Gasteiger partial charge is 0.507 e. The minimum Gasteiger partial charge on any atom is -0.507 e. The van der Waals surface area contributed by atoms with E-state index in [2.05, 4.69) is 13.8 Å². The zero-order valence-corrected chi connectivity index (χ0v) is 24.3. The first kappa shape index (κ1) is 29.7. The van der Waals surface area contributed by atoms with E-state index in [4.69, 9.17) is 14.2 Å². The number of aliphatic hydroxyl groups is 1.